The number of thiazole rings is 1. The van der Waals surface area contributed by atoms with Gasteiger partial charge in [-0.05, 0) is 49.2 Å². The zero-order chi connectivity index (χ0) is 20.9. The Kier molecular flexibility index (Phi) is 6.26. The molecule has 4 rings (SSSR count). The second kappa shape index (κ2) is 9.24. The molecule has 1 aromatic carbocycles. The molecule has 1 N–H and O–H groups in total. The number of nitrogens with zero attached hydrogens (tertiary/aromatic N) is 5. The highest BCUT2D eigenvalue weighted by Gasteiger charge is 2.23. The van der Waals surface area contributed by atoms with E-state index in [1.807, 2.05) is 12.1 Å². The second-order valence-corrected chi connectivity index (χ2v) is 8.74. The Morgan fingerprint density at radius 1 is 1.23 bits per heavy atom. The number of nitrogens with one attached hydrogen (secondary N) is 1. The van der Waals surface area contributed by atoms with E-state index in [9.17, 15) is 0 Å². The summed E-state index contributed by atoms with van der Waals surface area (Å²) in [5.41, 5.74) is 5.02. The van der Waals surface area contributed by atoms with Gasteiger partial charge in [0, 0.05) is 44.2 Å². The second-order valence-electron chi connectivity index (χ2n) is 7.88. The number of likely N-dealkylation sites (tertiary alicyclic amines) is 1. The van der Waals surface area contributed by atoms with Crippen LogP contribution in [0.2, 0.25) is 0 Å². The van der Waals surface area contributed by atoms with Gasteiger partial charge < -0.3 is 10.2 Å². The molecule has 0 radical (unpaired) electrons. The lowest BCUT2D eigenvalue weighted by Crippen LogP contribution is -2.34. The van der Waals surface area contributed by atoms with Gasteiger partial charge in [-0.25, -0.2) is 9.97 Å². The van der Waals surface area contributed by atoms with E-state index in [4.69, 9.17) is 10.2 Å². The summed E-state index contributed by atoms with van der Waals surface area (Å²) in [4.78, 5) is 13.6. The standard InChI is InChI=1S/C23H26N6S/c1-28(2)21-9-5-17(6-10-21)14-29-11-3-4-18(15-29)22-16-30-23(27-22)26-20-8-7-19(12-24)25-13-20/h5-10,13,16,18H,3-4,11,14-15H2,1-2H3,(H,26,27). The van der Waals surface area contributed by atoms with Gasteiger partial charge in [0.05, 0.1) is 17.6 Å². The summed E-state index contributed by atoms with van der Waals surface area (Å²) >= 11 is 1.62. The van der Waals surface area contributed by atoms with Crippen molar-refractivity contribution in [3.8, 4) is 6.07 Å². The quantitative estimate of drug-likeness (QED) is 0.631. The van der Waals surface area contributed by atoms with Gasteiger partial charge in [0.2, 0.25) is 0 Å². The van der Waals surface area contributed by atoms with Crippen LogP contribution in [0.5, 0.6) is 0 Å². The number of aromatic nitrogens is 2. The third-order valence-electron chi connectivity index (χ3n) is 5.43. The molecule has 6 nitrogen and oxygen atoms in total. The van der Waals surface area contributed by atoms with E-state index in [0.29, 0.717) is 11.6 Å². The van der Waals surface area contributed by atoms with Crippen LogP contribution in [0.3, 0.4) is 0 Å². The van der Waals surface area contributed by atoms with Crippen molar-refractivity contribution in [2.75, 3.05) is 37.4 Å². The molecule has 1 aliphatic rings. The predicted octanol–water partition coefficient (Wildman–Crippen LogP) is 4.60. The number of hydrogen-bond acceptors (Lipinski definition) is 7. The summed E-state index contributed by atoms with van der Waals surface area (Å²) in [5.74, 6) is 0.464. The van der Waals surface area contributed by atoms with Gasteiger partial charge in [0.1, 0.15) is 11.8 Å². The Bertz CT molecular complexity index is 1000. The molecule has 0 spiro atoms. The number of pyridine rings is 1. The fraction of sp³-hybridized carbons (Fsp3) is 0.348. The van der Waals surface area contributed by atoms with Gasteiger partial charge in [0.15, 0.2) is 5.13 Å². The van der Waals surface area contributed by atoms with Crippen molar-refractivity contribution in [3.63, 3.8) is 0 Å². The van der Waals surface area contributed by atoms with Crippen molar-refractivity contribution in [2.45, 2.75) is 25.3 Å². The molecule has 0 saturated carbocycles. The fourth-order valence-corrected chi connectivity index (χ4v) is 4.60. The molecule has 30 heavy (non-hydrogen) atoms. The first-order valence-corrected chi connectivity index (χ1v) is 11.1. The largest absolute Gasteiger partial charge is 0.378 e. The van der Waals surface area contributed by atoms with Crippen LogP contribution in [-0.2, 0) is 6.54 Å². The van der Waals surface area contributed by atoms with Crippen LogP contribution in [0.4, 0.5) is 16.5 Å². The molecular formula is C23H26N6S. The molecule has 1 fully saturated rings. The Balaban J connectivity index is 1.36. The first kappa shape index (κ1) is 20.3. The normalized spacial score (nSPS) is 16.8. The van der Waals surface area contributed by atoms with Crippen LogP contribution in [-0.4, -0.2) is 42.1 Å². The predicted molar refractivity (Wildman–Crippen MR) is 122 cm³/mol. The van der Waals surface area contributed by atoms with Gasteiger partial charge in [-0.2, -0.15) is 5.26 Å². The summed E-state index contributed by atoms with van der Waals surface area (Å²) < 4.78 is 0. The average Bonchev–Trinajstić information content (AvgIpc) is 3.23. The van der Waals surface area contributed by atoms with E-state index in [1.165, 1.54) is 24.1 Å². The van der Waals surface area contributed by atoms with Crippen LogP contribution >= 0.6 is 11.3 Å². The van der Waals surface area contributed by atoms with Crippen LogP contribution in [0.1, 0.15) is 35.7 Å². The molecule has 2 aromatic heterocycles. The number of benzene rings is 1. The van der Waals surface area contributed by atoms with Crippen LogP contribution in [0.15, 0.2) is 48.0 Å². The summed E-state index contributed by atoms with van der Waals surface area (Å²) in [5, 5.41) is 15.2. The number of rotatable bonds is 6. The molecule has 154 valence electrons. The highest BCUT2D eigenvalue weighted by molar-refractivity contribution is 7.13. The third-order valence-corrected chi connectivity index (χ3v) is 6.21. The summed E-state index contributed by atoms with van der Waals surface area (Å²) in [6.45, 7) is 3.16. The van der Waals surface area contributed by atoms with Crippen molar-refractivity contribution >= 4 is 27.8 Å². The van der Waals surface area contributed by atoms with Crippen molar-refractivity contribution in [3.05, 3.63) is 64.9 Å². The molecule has 3 heterocycles. The zero-order valence-corrected chi connectivity index (χ0v) is 18.2. The fourth-order valence-electron chi connectivity index (χ4n) is 3.79. The first-order chi connectivity index (χ1) is 14.6. The maximum Gasteiger partial charge on any atom is 0.187 e. The highest BCUT2D eigenvalue weighted by Crippen LogP contribution is 2.31. The van der Waals surface area contributed by atoms with Crippen LogP contribution in [0, 0.1) is 11.3 Å². The average molecular weight is 419 g/mol. The van der Waals surface area contributed by atoms with E-state index in [-0.39, 0.29) is 0 Å². The number of anilines is 3. The lowest BCUT2D eigenvalue weighted by Gasteiger charge is -2.32. The molecule has 1 saturated heterocycles. The van der Waals surface area contributed by atoms with Gasteiger partial charge in [0.25, 0.3) is 0 Å². The molecular weight excluding hydrogens is 392 g/mol. The van der Waals surface area contributed by atoms with E-state index in [2.05, 4.69) is 63.8 Å². The summed E-state index contributed by atoms with van der Waals surface area (Å²) in [7, 11) is 4.14. The minimum Gasteiger partial charge on any atom is -0.378 e. The first-order valence-electron chi connectivity index (χ1n) is 10.2. The summed E-state index contributed by atoms with van der Waals surface area (Å²) in [6.07, 6.45) is 4.04. The van der Waals surface area contributed by atoms with Gasteiger partial charge in [-0.15, -0.1) is 11.3 Å². The minimum absolute atomic E-state index is 0.416. The van der Waals surface area contributed by atoms with Gasteiger partial charge >= 0.3 is 0 Å². The molecule has 0 amide bonds. The number of hydrogen-bond donors (Lipinski definition) is 1. The van der Waals surface area contributed by atoms with Crippen molar-refractivity contribution in [1.29, 1.82) is 5.26 Å². The maximum atomic E-state index is 8.87. The van der Waals surface area contributed by atoms with Crippen LogP contribution < -0.4 is 10.2 Å². The lowest BCUT2D eigenvalue weighted by atomic mass is 9.95. The zero-order valence-electron chi connectivity index (χ0n) is 17.4. The smallest absolute Gasteiger partial charge is 0.187 e. The molecule has 7 heteroatoms. The molecule has 1 aliphatic heterocycles. The highest BCUT2D eigenvalue weighted by atomic mass is 32.1. The Morgan fingerprint density at radius 3 is 2.77 bits per heavy atom. The van der Waals surface area contributed by atoms with E-state index in [1.54, 1.807) is 23.6 Å². The van der Waals surface area contributed by atoms with E-state index in [0.717, 1.165) is 36.1 Å². The molecule has 3 aromatic rings. The third kappa shape index (κ3) is 4.96. The monoisotopic (exact) mass is 418 g/mol. The maximum absolute atomic E-state index is 8.87. The van der Waals surface area contributed by atoms with Crippen molar-refractivity contribution in [1.82, 2.24) is 14.9 Å². The molecule has 1 unspecified atom stereocenters. The topological polar surface area (TPSA) is 68.1 Å². The van der Waals surface area contributed by atoms with E-state index >= 15 is 0 Å². The number of piperidine rings is 1. The molecule has 0 bridgehead atoms. The number of nitriles is 1. The van der Waals surface area contributed by atoms with Crippen molar-refractivity contribution < 1.29 is 0 Å². The molecule has 1 atom stereocenters. The van der Waals surface area contributed by atoms with E-state index < -0.39 is 0 Å². The Hall–Kier alpha value is -2.95. The molecule has 0 aliphatic carbocycles. The van der Waals surface area contributed by atoms with Gasteiger partial charge in [-0.1, -0.05) is 12.1 Å². The minimum atomic E-state index is 0.416. The Labute approximate surface area is 181 Å². The summed E-state index contributed by atoms with van der Waals surface area (Å²) in [6, 6.07) is 14.4. The Morgan fingerprint density at radius 2 is 2.07 bits per heavy atom. The van der Waals surface area contributed by atoms with Gasteiger partial charge in [-0.3, -0.25) is 4.90 Å². The van der Waals surface area contributed by atoms with Crippen LogP contribution in [0.25, 0.3) is 0 Å². The SMILES string of the molecule is CN(C)c1ccc(CN2CCCC(c3csc(Nc4ccc(C#N)nc4)n3)C2)cc1. The lowest BCUT2D eigenvalue weighted by molar-refractivity contribution is 0.199. The van der Waals surface area contributed by atoms with Crippen molar-refractivity contribution in [2.24, 2.45) is 0 Å².